The second kappa shape index (κ2) is 5.94. The van der Waals surface area contributed by atoms with Crippen molar-refractivity contribution in [3.8, 4) is 0 Å². The molecule has 0 saturated heterocycles. The molecule has 3 heteroatoms. The van der Waals surface area contributed by atoms with Crippen LogP contribution in [0.4, 0.5) is 0 Å². The van der Waals surface area contributed by atoms with Crippen LogP contribution in [0.15, 0.2) is 30.3 Å². The van der Waals surface area contributed by atoms with Crippen molar-refractivity contribution in [3.63, 3.8) is 0 Å². The Labute approximate surface area is 101 Å². The molecule has 1 aromatic carbocycles. The molecule has 3 nitrogen and oxygen atoms in total. The largest absolute Gasteiger partial charge is 0.390 e. The third-order valence-electron chi connectivity index (χ3n) is 3.30. The van der Waals surface area contributed by atoms with Gasteiger partial charge in [-0.3, -0.25) is 0 Å². The normalized spacial score (nSPS) is 28.9. The molecule has 0 spiro atoms. The maximum atomic E-state index is 10.7. The lowest BCUT2D eigenvalue weighted by Gasteiger charge is -2.30. The van der Waals surface area contributed by atoms with Crippen molar-refractivity contribution in [2.75, 3.05) is 0 Å². The van der Waals surface area contributed by atoms with Crippen LogP contribution >= 0.6 is 0 Å². The topological polar surface area (TPSA) is 46.5 Å². The van der Waals surface area contributed by atoms with Gasteiger partial charge in [-0.15, -0.1) is 0 Å². The maximum Gasteiger partial charge on any atom is 0.123 e. The second-order valence-electron chi connectivity index (χ2n) is 4.61. The quantitative estimate of drug-likeness (QED) is 0.810. The highest BCUT2D eigenvalue weighted by atomic mass is 16.5. The van der Waals surface area contributed by atoms with E-state index in [0.29, 0.717) is 19.4 Å². The Bertz CT molecular complexity index is 350. The summed E-state index contributed by atoms with van der Waals surface area (Å²) >= 11 is 0. The molecule has 2 rings (SSSR count). The van der Waals surface area contributed by atoms with Gasteiger partial charge in [0.05, 0.1) is 18.8 Å². The zero-order valence-electron chi connectivity index (χ0n) is 9.79. The maximum absolute atomic E-state index is 10.7. The van der Waals surface area contributed by atoms with E-state index in [2.05, 4.69) is 0 Å². The zero-order chi connectivity index (χ0) is 12.1. The lowest BCUT2D eigenvalue weighted by Crippen LogP contribution is -2.36. The predicted octanol–water partition coefficient (Wildman–Crippen LogP) is 1.93. The van der Waals surface area contributed by atoms with E-state index in [1.165, 1.54) is 0 Å². The summed E-state index contributed by atoms with van der Waals surface area (Å²) in [5.41, 5.74) is 1.09. The summed E-state index contributed by atoms with van der Waals surface area (Å²) in [6.45, 7) is 0.494. The van der Waals surface area contributed by atoms with E-state index in [1.807, 2.05) is 30.3 Å². The van der Waals surface area contributed by atoms with Crippen LogP contribution in [-0.4, -0.2) is 23.6 Å². The van der Waals surface area contributed by atoms with Crippen LogP contribution in [0, 0.1) is 5.92 Å². The first-order chi connectivity index (χ1) is 8.29. The molecule has 92 valence electrons. The fraction of sp³-hybridized carbons (Fsp3) is 0.500. The Morgan fingerprint density at radius 1 is 1.29 bits per heavy atom. The summed E-state index contributed by atoms with van der Waals surface area (Å²) in [6, 6.07) is 9.87. The molecule has 0 aliphatic heterocycles. The number of aldehydes is 1. The van der Waals surface area contributed by atoms with Gasteiger partial charge in [-0.2, -0.15) is 0 Å². The number of rotatable bonds is 4. The SMILES string of the molecule is O=CC1CCC(O)C(OCc2ccccc2)C1. The Balaban J connectivity index is 1.87. The van der Waals surface area contributed by atoms with E-state index in [9.17, 15) is 9.90 Å². The lowest BCUT2D eigenvalue weighted by atomic mass is 9.86. The van der Waals surface area contributed by atoms with Gasteiger partial charge in [0, 0.05) is 5.92 Å². The van der Waals surface area contributed by atoms with Gasteiger partial charge < -0.3 is 14.6 Å². The summed E-state index contributed by atoms with van der Waals surface area (Å²) in [5.74, 6) is 0.0409. The number of carbonyl (C=O) groups is 1. The molecule has 0 heterocycles. The summed E-state index contributed by atoms with van der Waals surface area (Å²) in [6.07, 6.45) is 2.40. The molecule has 1 aliphatic rings. The summed E-state index contributed by atoms with van der Waals surface area (Å²) < 4.78 is 5.70. The van der Waals surface area contributed by atoms with Crippen molar-refractivity contribution in [2.24, 2.45) is 5.92 Å². The first kappa shape index (κ1) is 12.3. The fourth-order valence-corrected chi connectivity index (χ4v) is 2.22. The van der Waals surface area contributed by atoms with Crippen molar-refractivity contribution in [1.82, 2.24) is 0 Å². The van der Waals surface area contributed by atoms with Crippen molar-refractivity contribution >= 4 is 6.29 Å². The molecule has 3 unspecified atom stereocenters. The van der Waals surface area contributed by atoms with Gasteiger partial charge in [-0.05, 0) is 24.8 Å². The van der Waals surface area contributed by atoms with Crippen LogP contribution in [0.1, 0.15) is 24.8 Å². The Morgan fingerprint density at radius 3 is 2.76 bits per heavy atom. The van der Waals surface area contributed by atoms with Gasteiger partial charge in [0.25, 0.3) is 0 Å². The van der Waals surface area contributed by atoms with Gasteiger partial charge >= 0.3 is 0 Å². The Morgan fingerprint density at radius 2 is 2.06 bits per heavy atom. The van der Waals surface area contributed by atoms with Gasteiger partial charge in [-0.25, -0.2) is 0 Å². The van der Waals surface area contributed by atoms with Gasteiger partial charge in [0.15, 0.2) is 0 Å². The first-order valence-electron chi connectivity index (χ1n) is 6.08. The highest BCUT2D eigenvalue weighted by molar-refractivity contribution is 5.53. The Hall–Kier alpha value is -1.19. The van der Waals surface area contributed by atoms with Crippen LogP contribution in [0.3, 0.4) is 0 Å². The fourth-order valence-electron chi connectivity index (χ4n) is 2.22. The predicted molar refractivity (Wildman–Crippen MR) is 64.4 cm³/mol. The van der Waals surface area contributed by atoms with E-state index < -0.39 is 6.10 Å². The van der Waals surface area contributed by atoms with Crippen molar-refractivity contribution in [3.05, 3.63) is 35.9 Å². The molecule has 1 aliphatic carbocycles. The molecule has 1 N–H and O–H groups in total. The van der Waals surface area contributed by atoms with E-state index in [-0.39, 0.29) is 12.0 Å². The number of aliphatic hydroxyl groups excluding tert-OH is 1. The number of hydrogen-bond acceptors (Lipinski definition) is 3. The Kier molecular flexibility index (Phi) is 4.29. The number of hydrogen-bond donors (Lipinski definition) is 1. The molecule has 0 radical (unpaired) electrons. The molecule has 1 fully saturated rings. The third-order valence-corrected chi connectivity index (χ3v) is 3.30. The number of ether oxygens (including phenoxy) is 1. The van der Waals surface area contributed by atoms with Gasteiger partial charge in [-0.1, -0.05) is 30.3 Å². The van der Waals surface area contributed by atoms with Crippen molar-refractivity contribution in [1.29, 1.82) is 0 Å². The highest BCUT2D eigenvalue weighted by Crippen LogP contribution is 2.26. The van der Waals surface area contributed by atoms with E-state index in [0.717, 1.165) is 18.3 Å². The van der Waals surface area contributed by atoms with Crippen molar-refractivity contribution < 1.29 is 14.6 Å². The molecule has 0 amide bonds. The minimum absolute atomic E-state index is 0.0409. The standard InChI is InChI=1S/C14H18O3/c15-9-12-6-7-13(16)14(8-12)17-10-11-4-2-1-3-5-11/h1-5,9,12-14,16H,6-8,10H2. The molecule has 1 aromatic rings. The second-order valence-corrected chi connectivity index (χ2v) is 4.61. The van der Waals surface area contributed by atoms with Crippen molar-refractivity contribution in [2.45, 2.75) is 38.1 Å². The minimum Gasteiger partial charge on any atom is -0.390 e. The smallest absolute Gasteiger partial charge is 0.123 e. The lowest BCUT2D eigenvalue weighted by molar-refractivity contribution is -0.119. The van der Waals surface area contributed by atoms with Crippen LogP contribution in [0.25, 0.3) is 0 Å². The summed E-state index contributed by atoms with van der Waals surface area (Å²) in [5, 5.41) is 9.82. The van der Waals surface area contributed by atoms with E-state index in [4.69, 9.17) is 4.74 Å². The van der Waals surface area contributed by atoms with Gasteiger partial charge in [0.1, 0.15) is 6.29 Å². The molecular weight excluding hydrogens is 216 g/mol. The van der Waals surface area contributed by atoms with Crippen LogP contribution in [0.2, 0.25) is 0 Å². The number of carbonyl (C=O) groups excluding carboxylic acids is 1. The monoisotopic (exact) mass is 234 g/mol. The number of benzene rings is 1. The molecule has 17 heavy (non-hydrogen) atoms. The minimum atomic E-state index is -0.435. The summed E-state index contributed by atoms with van der Waals surface area (Å²) in [4.78, 5) is 10.7. The first-order valence-corrected chi connectivity index (χ1v) is 6.08. The zero-order valence-corrected chi connectivity index (χ0v) is 9.79. The molecule has 0 aromatic heterocycles. The van der Waals surface area contributed by atoms with E-state index in [1.54, 1.807) is 0 Å². The molecule has 3 atom stereocenters. The average Bonchev–Trinajstić information content (AvgIpc) is 2.39. The molecule has 1 saturated carbocycles. The number of aliphatic hydroxyl groups is 1. The molecule has 0 bridgehead atoms. The van der Waals surface area contributed by atoms with Crippen LogP contribution < -0.4 is 0 Å². The van der Waals surface area contributed by atoms with Crippen LogP contribution in [0.5, 0.6) is 0 Å². The average molecular weight is 234 g/mol. The van der Waals surface area contributed by atoms with Gasteiger partial charge in [0.2, 0.25) is 0 Å². The third kappa shape index (κ3) is 3.38. The highest BCUT2D eigenvalue weighted by Gasteiger charge is 2.29. The van der Waals surface area contributed by atoms with Crippen LogP contribution in [-0.2, 0) is 16.1 Å². The van der Waals surface area contributed by atoms with E-state index >= 15 is 0 Å². The molecular formula is C14H18O3. The summed E-state index contributed by atoms with van der Waals surface area (Å²) in [7, 11) is 0.